The second kappa shape index (κ2) is 7.61. The van der Waals surface area contributed by atoms with Crippen molar-refractivity contribution in [2.75, 3.05) is 7.11 Å². The molecule has 0 fully saturated rings. The van der Waals surface area contributed by atoms with E-state index in [1.165, 1.54) is 0 Å². The largest absolute Gasteiger partial charge is 0.497 e. The minimum atomic E-state index is -0.0355. The van der Waals surface area contributed by atoms with E-state index in [2.05, 4.69) is 0 Å². The molecule has 4 rings (SSSR count). The molecule has 1 heterocycles. The van der Waals surface area contributed by atoms with Gasteiger partial charge in [-0.1, -0.05) is 42.5 Å². The fourth-order valence-corrected chi connectivity index (χ4v) is 3.20. The van der Waals surface area contributed by atoms with Crippen molar-refractivity contribution in [3.8, 4) is 22.6 Å². The maximum Gasteiger partial charge on any atom is 0.200 e. The van der Waals surface area contributed by atoms with Crippen LogP contribution >= 0.6 is 0 Å². The summed E-state index contributed by atoms with van der Waals surface area (Å²) in [6.07, 6.45) is 0. The van der Waals surface area contributed by atoms with Gasteiger partial charge in [-0.3, -0.25) is 4.79 Å². The van der Waals surface area contributed by atoms with Crippen LogP contribution in [0.4, 0.5) is 0 Å². The van der Waals surface area contributed by atoms with Gasteiger partial charge < -0.3 is 13.9 Å². The first-order valence-corrected chi connectivity index (χ1v) is 9.04. The Morgan fingerprint density at radius 3 is 2.32 bits per heavy atom. The molecule has 1 aromatic heterocycles. The Morgan fingerprint density at radius 1 is 0.893 bits per heavy atom. The highest BCUT2D eigenvalue weighted by atomic mass is 16.5. The first-order valence-electron chi connectivity index (χ1n) is 9.04. The van der Waals surface area contributed by atoms with Gasteiger partial charge in [0, 0.05) is 6.07 Å². The number of ether oxygens (including phenoxy) is 2. The van der Waals surface area contributed by atoms with Crippen LogP contribution < -0.4 is 14.9 Å². The average molecular weight is 372 g/mol. The van der Waals surface area contributed by atoms with Gasteiger partial charge in [0.05, 0.1) is 18.1 Å². The highest BCUT2D eigenvalue weighted by Gasteiger charge is 2.14. The maximum atomic E-state index is 13.0. The van der Waals surface area contributed by atoms with E-state index in [0.29, 0.717) is 34.6 Å². The topological polar surface area (TPSA) is 48.7 Å². The van der Waals surface area contributed by atoms with Crippen molar-refractivity contribution in [3.63, 3.8) is 0 Å². The van der Waals surface area contributed by atoms with Crippen LogP contribution in [0, 0.1) is 6.92 Å². The minimum Gasteiger partial charge on any atom is -0.497 e. The number of methoxy groups -OCH3 is 1. The Labute approximate surface area is 163 Å². The molecule has 0 amide bonds. The summed E-state index contributed by atoms with van der Waals surface area (Å²) in [6.45, 7) is 2.23. The lowest BCUT2D eigenvalue weighted by atomic mass is 10.0. The van der Waals surface area contributed by atoms with E-state index in [4.69, 9.17) is 13.9 Å². The molecular weight excluding hydrogens is 352 g/mol. The van der Waals surface area contributed by atoms with Crippen LogP contribution in [0.3, 0.4) is 0 Å². The first kappa shape index (κ1) is 17.9. The van der Waals surface area contributed by atoms with E-state index < -0.39 is 0 Å². The van der Waals surface area contributed by atoms with Gasteiger partial charge in [0.2, 0.25) is 5.43 Å². The van der Waals surface area contributed by atoms with Crippen LogP contribution in [0.25, 0.3) is 22.1 Å². The molecule has 0 bridgehead atoms. The molecule has 0 aliphatic heterocycles. The van der Waals surface area contributed by atoms with Crippen molar-refractivity contribution in [3.05, 3.63) is 94.3 Å². The Balaban J connectivity index is 1.63. The summed E-state index contributed by atoms with van der Waals surface area (Å²) in [4.78, 5) is 13.0. The summed E-state index contributed by atoms with van der Waals surface area (Å²) in [7, 11) is 1.64. The predicted octanol–water partition coefficient (Wildman–Crippen LogP) is 5.36. The summed E-state index contributed by atoms with van der Waals surface area (Å²) in [5, 5.41) is 0.543. The average Bonchev–Trinajstić information content (AvgIpc) is 2.73. The standard InChI is InChI=1S/C24H20O4/c1-16-23(18-6-4-3-5-7-18)24(25)21-13-12-20(14-22(21)28-16)27-15-17-8-10-19(26-2)11-9-17/h3-14H,15H2,1-2H3. The summed E-state index contributed by atoms with van der Waals surface area (Å²) < 4.78 is 17.0. The van der Waals surface area contributed by atoms with Crippen molar-refractivity contribution >= 4 is 11.0 Å². The molecule has 0 N–H and O–H groups in total. The van der Waals surface area contributed by atoms with Gasteiger partial charge in [-0.25, -0.2) is 0 Å². The number of rotatable bonds is 5. The van der Waals surface area contributed by atoms with Crippen LogP contribution in [-0.2, 0) is 6.61 Å². The highest BCUT2D eigenvalue weighted by molar-refractivity contribution is 5.83. The van der Waals surface area contributed by atoms with Gasteiger partial charge >= 0.3 is 0 Å². The maximum absolute atomic E-state index is 13.0. The Kier molecular flexibility index (Phi) is 4.85. The minimum absolute atomic E-state index is 0.0355. The quantitative estimate of drug-likeness (QED) is 0.473. The smallest absolute Gasteiger partial charge is 0.200 e. The molecule has 0 unspecified atom stereocenters. The SMILES string of the molecule is COc1ccc(COc2ccc3c(=O)c(-c4ccccc4)c(C)oc3c2)cc1. The molecule has 0 aliphatic rings. The van der Waals surface area contributed by atoms with E-state index in [0.717, 1.165) is 16.9 Å². The van der Waals surface area contributed by atoms with E-state index in [1.807, 2.05) is 61.5 Å². The third-order valence-corrected chi connectivity index (χ3v) is 4.67. The fourth-order valence-electron chi connectivity index (χ4n) is 3.20. The lowest BCUT2D eigenvalue weighted by Gasteiger charge is -2.10. The Hall–Kier alpha value is -3.53. The molecule has 0 aliphatic carbocycles. The Morgan fingerprint density at radius 2 is 1.61 bits per heavy atom. The molecule has 0 radical (unpaired) electrons. The van der Waals surface area contributed by atoms with Crippen LogP contribution in [0.5, 0.6) is 11.5 Å². The zero-order valence-corrected chi connectivity index (χ0v) is 15.8. The molecule has 140 valence electrons. The van der Waals surface area contributed by atoms with Gasteiger partial charge in [0.15, 0.2) is 0 Å². The van der Waals surface area contributed by atoms with Gasteiger partial charge in [-0.15, -0.1) is 0 Å². The van der Waals surface area contributed by atoms with E-state index in [1.54, 1.807) is 25.3 Å². The molecule has 28 heavy (non-hydrogen) atoms. The number of aryl methyl sites for hydroxylation is 1. The zero-order chi connectivity index (χ0) is 19.5. The molecule has 0 spiro atoms. The summed E-state index contributed by atoms with van der Waals surface area (Å²) in [5.41, 5.74) is 2.97. The van der Waals surface area contributed by atoms with Crippen LogP contribution in [0.15, 0.2) is 82.0 Å². The lowest BCUT2D eigenvalue weighted by molar-refractivity contribution is 0.306. The zero-order valence-electron chi connectivity index (χ0n) is 15.8. The van der Waals surface area contributed by atoms with Gasteiger partial charge in [0.25, 0.3) is 0 Å². The van der Waals surface area contributed by atoms with E-state index in [9.17, 15) is 4.79 Å². The Bertz CT molecular complexity index is 1160. The fraction of sp³-hybridized carbons (Fsp3) is 0.125. The van der Waals surface area contributed by atoms with E-state index >= 15 is 0 Å². The predicted molar refractivity (Wildman–Crippen MR) is 110 cm³/mol. The van der Waals surface area contributed by atoms with Crippen LogP contribution in [-0.4, -0.2) is 7.11 Å². The number of hydrogen-bond donors (Lipinski definition) is 0. The van der Waals surface area contributed by atoms with Crippen LogP contribution in [0.1, 0.15) is 11.3 Å². The second-order valence-corrected chi connectivity index (χ2v) is 6.52. The summed E-state index contributed by atoms with van der Waals surface area (Å²) >= 11 is 0. The van der Waals surface area contributed by atoms with Crippen molar-refractivity contribution in [1.82, 2.24) is 0 Å². The van der Waals surface area contributed by atoms with Gasteiger partial charge in [-0.2, -0.15) is 0 Å². The molecule has 4 heteroatoms. The number of fused-ring (bicyclic) bond motifs is 1. The van der Waals surface area contributed by atoms with Crippen molar-refractivity contribution < 1.29 is 13.9 Å². The molecule has 3 aromatic carbocycles. The highest BCUT2D eigenvalue weighted by Crippen LogP contribution is 2.26. The molecule has 0 saturated carbocycles. The van der Waals surface area contributed by atoms with E-state index in [-0.39, 0.29) is 5.43 Å². The second-order valence-electron chi connectivity index (χ2n) is 6.52. The summed E-state index contributed by atoms with van der Waals surface area (Å²) in [5.74, 6) is 2.05. The van der Waals surface area contributed by atoms with Crippen molar-refractivity contribution in [2.24, 2.45) is 0 Å². The molecule has 4 nitrogen and oxygen atoms in total. The molecule has 4 aromatic rings. The monoisotopic (exact) mass is 372 g/mol. The molecule has 0 saturated heterocycles. The van der Waals surface area contributed by atoms with Gasteiger partial charge in [-0.05, 0) is 42.3 Å². The lowest BCUT2D eigenvalue weighted by Crippen LogP contribution is -2.07. The first-order chi connectivity index (χ1) is 13.7. The summed E-state index contributed by atoms with van der Waals surface area (Å²) in [6, 6.07) is 22.6. The third-order valence-electron chi connectivity index (χ3n) is 4.67. The number of benzene rings is 3. The van der Waals surface area contributed by atoms with Gasteiger partial charge in [0.1, 0.15) is 29.4 Å². The van der Waals surface area contributed by atoms with Crippen molar-refractivity contribution in [1.29, 1.82) is 0 Å². The third kappa shape index (κ3) is 3.49. The normalized spacial score (nSPS) is 10.8. The molecular formula is C24H20O4. The van der Waals surface area contributed by atoms with Crippen molar-refractivity contribution in [2.45, 2.75) is 13.5 Å². The number of hydrogen-bond acceptors (Lipinski definition) is 4. The molecule has 0 atom stereocenters. The van der Waals surface area contributed by atoms with Crippen LogP contribution in [0.2, 0.25) is 0 Å².